The Labute approximate surface area is 249 Å². The van der Waals surface area contributed by atoms with Crippen LogP contribution < -0.4 is 19.9 Å². The molecule has 6 heterocycles. The molecule has 210 valence electrons. The lowest BCUT2D eigenvalue weighted by atomic mass is 9.95. The summed E-state index contributed by atoms with van der Waals surface area (Å²) < 4.78 is 7.74. The highest BCUT2D eigenvalue weighted by atomic mass is 127. The zero-order valence-electron chi connectivity index (χ0n) is 22.9. The van der Waals surface area contributed by atoms with Crippen molar-refractivity contribution in [3.8, 4) is 11.8 Å². The van der Waals surface area contributed by atoms with Crippen molar-refractivity contribution in [2.24, 2.45) is 0 Å². The molecular formula is C31H37IN6O2. The van der Waals surface area contributed by atoms with Gasteiger partial charge >= 0.3 is 6.01 Å². The Kier molecular flexibility index (Phi) is 6.26. The van der Waals surface area contributed by atoms with Crippen molar-refractivity contribution in [3.63, 3.8) is 0 Å². The quantitative estimate of drug-likeness (QED) is 0.392. The van der Waals surface area contributed by atoms with Gasteiger partial charge in [0.1, 0.15) is 18.2 Å². The third kappa shape index (κ3) is 4.30. The first kappa shape index (κ1) is 25.3. The molecule has 0 saturated carbocycles. The lowest BCUT2D eigenvalue weighted by Gasteiger charge is -2.38. The standard InChI is InChI=1S/C31H37IN6O2/c32-25-5-1-4-20-14-23(39)15-27(28(20)25)36-13-8-24-26(18-36)34-30(40-19-31-9-2-11-38(31)12-3-10-31)35-29(24)37-16-21-6-7-22(17-37)33-21/h1,4-5,14-15,21-22,33,39H,2-3,6-13,16-19H2. The summed E-state index contributed by atoms with van der Waals surface area (Å²) in [5.74, 6) is 1.39. The first-order valence-electron chi connectivity index (χ1n) is 15.0. The summed E-state index contributed by atoms with van der Waals surface area (Å²) in [5.41, 5.74) is 3.56. The fourth-order valence-electron chi connectivity index (χ4n) is 8.14. The molecule has 8 nitrogen and oxygen atoms in total. The fraction of sp³-hybridized carbons (Fsp3) is 0.548. The number of ether oxygens (including phenoxy) is 1. The lowest BCUT2D eigenvalue weighted by Crippen LogP contribution is -2.52. The number of hydrogen-bond acceptors (Lipinski definition) is 8. The van der Waals surface area contributed by atoms with Crippen molar-refractivity contribution in [3.05, 3.63) is 45.2 Å². The van der Waals surface area contributed by atoms with Crippen molar-refractivity contribution in [1.82, 2.24) is 20.2 Å². The Balaban J connectivity index is 1.15. The molecule has 0 amide bonds. The van der Waals surface area contributed by atoms with Crippen LogP contribution in [0.15, 0.2) is 30.3 Å². The Bertz CT molecular complexity index is 1440. The number of phenolic OH excluding ortho intramolecular Hbond substituents is 1. The van der Waals surface area contributed by atoms with Crippen LogP contribution >= 0.6 is 22.6 Å². The Morgan fingerprint density at radius 2 is 1.82 bits per heavy atom. The van der Waals surface area contributed by atoms with Crippen molar-refractivity contribution in [1.29, 1.82) is 0 Å². The average Bonchev–Trinajstić information content (AvgIpc) is 3.64. The second kappa shape index (κ2) is 9.87. The normalized spacial score (nSPS) is 25.4. The van der Waals surface area contributed by atoms with E-state index in [1.807, 2.05) is 12.1 Å². The molecule has 2 aromatic carbocycles. The molecule has 2 unspecified atom stereocenters. The highest BCUT2D eigenvalue weighted by molar-refractivity contribution is 14.1. The van der Waals surface area contributed by atoms with Crippen molar-refractivity contribution in [2.45, 2.75) is 69.1 Å². The number of hydrogen-bond donors (Lipinski definition) is 2. The predicted octanol–water partition coefficient (Wildman–Crippen LogP) is 4.45. The van der Waals surface area contributed by atoms with Crippen LogP contribution in [0, 0.1) is 3.57 Å². The van der Waals surface area contributed by atoms with Crippen LogP contribution in [0.4, 0.5) is 11.5 Å². The van der Waals surface area contributed by atoms with Crippen LogP contribution in [-0.4, -0.2) is 76.9 Å². The molecule has 2 bridgehead atoms. The van der Waals surface area contributed by atoms with Crippen LogP contribution in [0.3, 0.4) is 0 Å². The van der Waals surface area contributed by atoms with E-state index >= 15 is 0 Å². The molecule has 40 heavy (non-hydrogen) atoms. The van der Waals surface area contributed by atoms with Crippen LogP contribution in [0.5, 0.6) is 11.8 Å². The summed E-state index contributed by atoms with van der Waals surface area (Å²) in [7, 11) is 0. The molecule has 8 rings (SSSR count). The van der Waals surface area contributed by atoms with Crippen molar-refractivity contribution in [2.75, 3.05) is 49.1 Å². The van der Waals surface area contributed by atoms with Gasteiger partial charge in [0, 0.05) is 58.0 Å². The van der Waals surface area contributed by atoms with E-state index in [9.17, 15) is 5.11 Å². The molecule has 5 aliphatic rings. The highest BCUT2D eigenvalue weighted by Gasteiger charge is 2.45. The van der Waals surface area contributed by atoms with E-state index in [0.29, 0.717) is 37.0 Å². The van der Waals surface area contributed by atoms with Gasteiger partial charge in [0.2, 0.25) is 0 Å². The van der Waals surface area contributed by atoms with Gasteiger partial charge in [-0.3, -0.25) is 4.90 Å². The molecule has 4 fully saturated rings. The van der Waals surface area contributed by atoms with Gasteiger partial charge in [-0.25, -0.2) is 0 Å². The van der Waals surface area contributed by atoms with Crippen molar-refractivity contribution >= 4 is 44.9 Å². The van der Waals surface area contributed by atoms with Gasteiger partial charge in [0.05, 0.1) is 17.8 Å². The molecule has 5 aliphatic heterocycles. The second-order valence-corrected chi connectivity index (χ2v) is 13.6. The van der Waals surface area contributed by atoms with Gasteiger partial charge in [0.15, 0.2) is 0 Å². The van der Waals surface area contributed by atoms with E-state index in [0.717, 1.165) is 48.6 Å². The second-order valence-electron chi connectivity index (χ2n) is 12.5. The minimum absolute atomic E-state index is 0.163. The summed E-state index contributed by atoms with van der Waals surface area (Å²) in [4.78, 5) is 17.8. The first-order valence-corrected chi connectivity index (χ1v) is 16.1. The third-order valence-electron chi connectivity index (χ3n) is 10.1. The SMILES string of the molecule is Oc1cc(N2CCc3c(nc(OCC45CCCN4CCC5)nc3N3CC4CCC(C3)N4)C2)c2c(I)cccc2c1. The number of rotatable bonds is 5. The zero-order chi connectivity index (χ0) is 26.8. The summed E-state index contributed by atoms with van der Waals surface area (Å²) in [6.07, 6.45) is 8.30. The van der Waals surface area contributed by atoms with Gasteiger partial charge in [-0.15, -0.1) is 0 Å². The van der Waals surface area contributed by atoms with Crippen LogP contribution in [-0.2, 0) is 13.0 Å². The summed E-state index contributed by atoms with van der Waals surface area (Å²) in [6.45, 7) is 6.60. The van der Waals surface area contributed by atoms with E-state index < -0.39 is 0 Å². The molecule has 2 atom stereocenters. The smallest absolute Gasteiger partial charge is 0.318 e. The van der Waals surface area contributed by atoms with E-state index in [-0.39, 0.29) is 5.54 Å². The minimum atomic E-state index is 0.163. The molecule has 3 aromatic rings. The molecule has 4 saturated heterocycles. The van der Waals surface area contributed by atoms with Crippen LogP contribution in [0.2, 0.25) is 0 Å². The highest BCUT2D eigenvalue weighted by Crippen LogP contribution is 2.41. The maximum absolute atomic E-state index is 10.6. The summed E-state index contributed by atoms with van der Waals surface area (Å²) in [6, 6.07) is 11.7. The first-order chi connectivity index (χ1) is 19.5. The van der Waals surface area contributed by atoms with E-state index in [1.165, 1.54) is 66.1 Å². The van der Waals surface area contributed by atoms with Crippen LogP contribution in [0.1, 0.15) is 49.8 Å². The molecule has 0 spiro atoms. The van der Waals surface area contributed by atoms with Gasteiger partial charge in [-0.05, 0) is 98.1 Å². The van der Waals surface area contributed by atoms with Gasteiger partial charge in [-0.2, -0.15) is 9.97 Å². The fourth-order valence-corrected chi connectivity index (χ4v) is 8.94. The number of benzene rings is 2. The molecule has 0 radical (unpaired) electrons. The summed E-state index contributed by atoms with van der Waals surface area (Å²) in [5, 5.41) is 16.6. The van der Waals surface area contributed by atoms with Crippen LogP contribution in [0.25, 0.3) is 10.8 Å². The number of nitrogens with zero attached hydrogens (tertiary/aromatic N) is 5. The topological polar surface area (TPSA) is 77.0 Å². The van der Waals surface area contributed by atoms with E-state index in [2.05, 4.69) is 60.8 Å². The number of nitrogens with one attached hydrogen (secondary N) is 1. The van der Waals surface area contributed by atoms with Gasteiger partial charge < -0.3 is 25.0 Å². The van der Waals surface area contributed by atoms with E-state index in [4.69, 9.17) is 14.7 Å². The summed E-state index contributed by atoms with van der Waals surface area (Å²) >= 11 is 2.41. The lowest BCUT2D eigenvalue weighted by molar-refractivity contribution is 0.107. The number of halogens is 1. The zero-order valence-corrected chi connectivity index (χ0v) is 25.1. The number of fused-ring (bicyclic) bond motifs is 5. The molecule has 1 aromatic heterocycles. The number of piperazine rings is 1. The minimum Gasteiger partial charge on any atom is -0.508 e. The largest absolute Gasteiger partial charge is 0.508 e. The Morgan fingerprint density at radius 3 is 2.62 bits per heavy atom. The molecule has 2 N–H and O–H groups in total. The number of aromatic nitrogens is 2. The van der Waals surface area contributed by atoms with Gasteiger partial charge in [-0.1, -0.05) is 12.1 Å². The third-order valence-corrected chi connectivity index (χ3v) is 10.9. The maximum atomic E-state index is 10.6. The van der Waals surface area contributed by atoms with E-state index in [1.54, 1.807) is 0 Å². The molecule has 0 aliphatic carbocycles. The molecular weight excluding hydrogens is 615 g/mol. The average molecular weight is 653 g/mol. The number of aromatic hydroxyl groups is 1. The van der Waals surface area contributed by atoms with Crippen molar-refractivity contribution < 1.29 is 9.84 Å². The predicted molar refractivity (Wildman–Crippen MR) is 166 cm³/mol. The number of phenols is 1. The molecule has 9 heteroatoms. The maximum Gasteiger partial charge on any atom is 0.318 e. The Morgan fingerprint density at radius 1 is 1.02 bits per heavy atom. The van der Waals surface area contributed by atoms with Gasteiger partial charge in [0.25, 0.3) is 0 Å². The number of anilines is 2. The Hall–Kier alpha value is -2.37. The monoisotopic (exact) mass is 652 g/mol.